The molecule has 8 nitrogen and oxygen atoms in total. The van der Waals surface area contributed by atoms with Gasteiger partial charge in [-0.1, -0.05) is 23.4 Å². The van der Waals surface area contributed by atoms with Crippen LogP contribution < -0.4 is 5.32 Å². The number of nitrogens with zero attached hydrogens (tertiary/aromatic N) is 2. The summed E-state index contributed by atoms with van der Waals surface area (Å²) in [6.07, 6.45) is 1.08. The molecular formula is C21H22ClN3O5S2. The molecule has 0 radical (unpaired) electrons. The molecule has 170 valence electrons. The minimum Gasteiger partial charge on any atom is -0.462 e. The van der Waals surface area contributed by atoms with Gasteiger partial charge in [-0.25, -0.2) is 18.2 Å². The summed E-state index contributed by atoms with van der Waals surface area (Å²) in [7, 11) is -3.43. The molecule has 1 aromatic heterocycles. The standard InChI is InChI=1S/C21H22ClN3O5S2/c1-4-25-18-9-6-13(20(27)30-5-2)10-17(18)24-21(25)31-12-19(26)23-16-11-14(32(3,28)29)7-8-15(16)22/h6-11H,4-5,12H2,1-3H3,(H,23,26). The van der Waals surface area contributed by atoms with E-state index in [2.05, 4.69) is 10.3 Å². The van der Waals surface area contributed by atoms with Gasteiger partial charge in [-0.2, -0.15) is 0 Å². The average Bonchev–Trinajstić information content (AvgIpc) is 3.09. The summed E-state index contributed by atoms with van der Waals surface area (Å²) in [4.78, 5) is 29.1. The maximum absolute atomic E-state index is 12.5. The lowest BCUT2D eigenvalue weighted by Gasteiger charge is -2.09. The first kappa shape index (κ1) is 24.1. The number of hydrogen-bond donors (Lipinski definition) is 1. The summed E-state index contributed by atoms with van der Waals surface area (Å²) >= 11 is 7.33. The zero-order valence-electron chi connectivity index (χ0n) is 17.7. The molecule has 0 saturated carbocycles. The van der Waals surface area contributed by atoms with Gasteiger partial charge in [0.15, 0.2) is 15.0 Å². The largest absolute Gasteiger partial charge is 0.462 e. The van der Waals surface area contributed by atoms with Crippen molar-refractivity contribution < 1.29 is 22.7 Å². The van der Waals surface area contributed by atoms with E-state index in [0.717, 1.165) is 11.8 Å². The van der Waals surface area contributed by atoms with Gasteiger partial charge in [-0.3, -0.25) is 4.79 Å². The Hall–Kier alpha value is -2.56. The molecule has 0 aliphatic rings. The second-order valence-corrected chi connectivity index (χ2v) is 10.2. The Balaban J connectivity index is 1.77. The number of anilines is 1. The lowest BCUT2D eigenvalue weighted by Crippen LogP contribution is -2.15. The van der Waals surface area contributed by atoms with Crippen LogP contribution in [-0.4, -0.2) is 48.5 Å². The summed E-state index contributed by atoms with van der Waals surface area (Å²) in [6.45, 7) is 4.61. The topological polar surface area (TPSA) is 107 Å². The molecule has 0 saturated heterocycles. The van der Waals surface area contributed by atoms with Crippen molar-refractivity contribution in [3.8, 4) is 0 Å². The van der Waals surface area contributed by atoms with Crippen molar-refractivity contribution in [3.63, 3.8) is 0 Å². The second kappa shape index (κ2) is 9.93. The highest BCUT2D eigenvalue weighted by molar-refractivity contribution is 7.99. The molecule has 3 aromatic rings. The van der Waals surface area contributed by atoms with Crippen LogP contribution >= 0.6 is 23.4 Å². The molecule has 0 spiro atoms. The Morgan fingerprint density at radius 3 is 2.59 bits per heavy atom. The molecule has 2 aromatic carbocycles. The van der Waals surface area contributed by atoms with Crippen LogP contribution in [0.2, 0.25) is 5.02 Å². The molecule has 0 fully saturated rings. The number of carbonyl (C=O) groups is 2. The molecular weight excluding hydrogens is 474 g/mol. The van der Waals surface area contributed by atoms with E-state index in [4.69, 9.17) is 16.3 Å². The zero-order chi connectivity index (χ0) is 23.5. The van der Waals surface area contributed by atoms with Crippen molar-refractivity contribution in [2.75, 3.05) is 23.9 Å². The van der Waals surface area contributed by atoms with E-state index in [-0.39, 0.29) is 33.9 Å². The van der Waals surface area contributed by atoms with Gasteiger partial charge >= 0.3 is 5.97 Å². The first-order valence-electron chi connectivity index (χ1n) is 9.73. The highest BCUT2D eigenvalue weighted by atomic mass is 35.5. The summed E-state index contributed by atoms with van der Waals surface area (Å²) < 4.78 is 30.5. The predicted molar refractivity (Wildman–Crippen MR) is 125 cm³/mol. The first-order valence-corrected chi connectivity index (χ1v) is 13.0. The monoisotopic (exact) mass is 495 g/mol. The number of rotatable bonds is 8. The number of nitrogens with one attached hydrogen (secondary N) is 1. The Morgan fingerprint density at radius 1 is 1.19 bits per heavy atom. The van der Waals surface area contributed by atoms with Crippen LogP contribution in [0.5, 0.6) is 0 Å². The number of hydrogen-bond acceptors (Lipinski definition) is 7. The molecule has 1 amide bonds. The number of imidazole rings is 1. The molecule has 11 heteroatoms. The van der Waals surface area contributed by atoms with Gasteiger partial charge in [0.1, 0.15) is 0 Å². The third kappa shape index (κ3) is 5.43. The third-order valence-electron chi connectivity index (χ3n) is 4.51. The number of aromatic nitrogens is 2. The minimum absolute atomic E-state index is 0.0352. The normalized spacial score (nSPS) is 11.5. The molecule has 0 unspecified atom stereocenters. The van der Waals surface area contributed by atoms with Crippen LogP contribution in [0.3, 0.4) is 0 Å². The van der Waals surface area contributed by atoms with Crippen LogP contribution in [0.1, 0.15) is 24.2 Å². The van der Waals surface area contributed by atoms with Crippen molar-refractivity contribution in [1.29, 1.82) is 0 Å². The van der Waals surface area contributed by atoms with Gasteiger partial charge in [0.25, 0.3) is 0 Å². The van der Waals surface area contributed by atoms with E-state index in [9.17, 15) is 18.0 Å². The Kier molecular flexibility index (Phi) is 7.47. The average molecular weight is 496 g/mol. The highest BCUT2D eigenvalue weighted by Crippen LogP contribution is 2.28. The lowest BCUT2D eigenvalue weighted by atomic mass is 10.2. The van der Waals surface area contributed by atoms with Crippen molar-refractivity contribution >= 4 is 61.8 Å². The van der Waals surface area contributed by atoms with Gasteiger partial charge in [0.2, 0.25) is 5.91 Å². The van der Waals surface area contributed by atoms with Crippen molar-refractivity contribution in [1.82, 2.24) is 9.55 Å². The number of halogens is 1. The van der Waals surface area contributed by atoms with Crippen molar-refractivity contribution in [2.45, 2.75) is 30.4 Å². The fraction of sp³-hybridized carbons (Fsp3) is 0.286. The molecule has 1 N–H and O–H groups in total. The van der Waals surface area contributed by atoms with Crippen molar-refractivity contribution in [3.05, 3.63) is 47.0 Å². The van der Waals surface area contributed by atoms with E-state index in [0.29, 0.717) is 22.8 Å². The molecule has 32 heavy (non-hydrogen) atoms. The number of sulfone groups is 1. The van der Waals surface area contributed by atoms with Crippen LogP contribution in [0, 0.1) is 0 Å². The summed E-state index contributed by atoms with van der Waals surface area (Å²) in [5.41, 5.74) is 2.11. The number of carbonyl (C=O) groups excluding carboxylic acids is 2. The molecule has 3 rings (SSSR count). The number of amides is 1. The zero-order valence-corrected chi connectivity index (χ0v) is 20.1. The van der Waals surface area contributed by atoms with Crippen LogP contribution in [0.4, 0.5) is 5.69 Å². The Labute approximate surface area is 195 Å². The molecule has 1 heterocycles. The number of thioether (sulfide) groups is 1. The van der Waals surface area contributed by atoms with Gasteiger partial charge in [0, 0.05) is 12.8 Å². The molecule has 0 aliphatic heterocycles. The third-order valence-corrected chi connectivity index (χ3v) is 6.93. The molecule has 0 atom stereocenters. The van der Waals surface area contributed by atoms with Gasteiger partial charge in [-0.15, -0.1) is 0 Å². The molecule has 0 aliphatic carbocycles. The SMILES string of the molecule is CCOC(=O)c1ccc2c(c1)nc(SCC(=O)Nc1cc(S(C)(=O)=O)ccc1Cl)n2CC. The van der Waals surface area contributed by atoms with Crippen LogP contribution in [0.25, 0.3) is 11.0 Å². The summed E-state index contributed by atoms with van der Waals surface area (Å²) in [5.74, 6) is -0.736. The number of ether oxygens (including phenoxy) is 1. The second-order valence-electron chi connectivity index (χ2n) is 6.81. The van der Waals surface area contributed by atoms with Gasteiger partial charge < -0.3 is 14.6 Å². The Bertz CT molecular complexity index is 1290. The predicted octanol–water partition coefficient (Wildman–Crippen LogP) is 4.02. The van der Waals surface area contributed by atoms with Gasteiger partial charge in [-0.05, 0) is 50.2 Å². The number of aryl methyl sites for hydroxylation is 1. The van der Waals surface area contributed by atoms with Crippen LogP contribution in [0.15, 0.2) is 46.5 Å². The highest BCUT2D eigenvalue weighted by Gasteiger charge is 2.16. The number of benzene rings is 2. The van der Waals surface area contributed by atoms with Crippen LogP contribution in [-0.2, 0) is 25.9 Å². The maximum atomic E-state index is 12.5. The molecule has 0 bridgehead atoms. The van der Waals surface area contributed by atoms with E-state index >= 15 is 0 Å². The minimum atomic E-state index is -3.43. The fourth-order valence-electron chi connectivity index (χ4n) is 3.01. The maximum Gasteiger partial charge on any atom is 0.338 e. The Morgan fingerprint density at radius 2 is 1.94 bits per heavy atom. The van der Waals surface area contributed by atoms with E-state index in [1.54, 1.807) is 25.1 Å². The smallest absolute Gasteiger partial charge is 0.338 e. The summed E-state index contributed by atoms with van der Waals surface area (Å²) in [6, 6.07) is 9.30. The van der Waals surface area contributed by atoms with Crippen molar-refractivity contribution in [2.24, 2.45) is 0 Å². The van der Waals surface area contributed by atoms with E-state index in [1.165, 1.54) is 30.0 Å². The number of esters is 1. The van der Waals surface area contributed by atoms with Gasteiger partial charge in [0.05, 0.1) is 44.6 Å². The summed E-state index contributed by atoms with van der Waals surface area (Å²) in [5, 5.41) is 3.51. The fourth-order valence-corrected chi connectivity index (χ4v) is 4.70. The van der Waals surface area contributed by atoms with E-state index in [1.807, 2.05) is 11.5 Å². The quantitative estimate of drug-likeness (QED) is 0.371. The lowest BCUT2D eigenvalue weighted by molar-refractivity contribution is -0.113. The number of fused-ring (bicyclic) bond motifs is 1. The van der Waals surface area contributed by atoms with E-state index < -0.39 is 15.8 Å². The first-order chi connectivity index (χ1) is 15.1.